The Morgan fingerprint density at radius 1 is 1.07 bits per heavy atom. The van der Waals surface area contributed by atoms with E-state index in [2.05, 4.69) is 4.90 Å². The third kappa shape index (κ3) is 4.40. The molecule has 5 nitrogen and oxygen atoms in total. The molecule has 2 aromatic carbocycles. The summed E-state index contributed by atoms with van der Waals surface area (Å²) < 4.78 is 13.3. The number of aliphatic hydroxyl groups is 1. The lowest BCUT2D eigenvalue weighted by molar-refractivity contribution is -0.140. The van der Waals surface area contributed by atoms with E-state index in [1.807, 2.05) is 13.8 Å². The fraction of sp³-hybridized carbons (Fsp3) is 0.304. The van der Waals surface area contributed by atoms with Gasteiger partial charge in [-0.15, -0.1) is 0 Å². The van der Waals surface area contributed by atoms with Gasteiger partial charge in [-0.2, -0.15) is 0 Å². The van der Waals surface area contributed by atoms with Gasteiger partial charge in [0.25, 0.3) is 11.7 Å². The smallest absolute Gasteiger partial charge is 0.295 e. The molecule has 0 aromatic heterocycles. The maximum Gasteiger partial charge on any atom is 0.295 e. The third-order valence-corrected chi connectivity index (χ3v) is 5.65. The highest BCUT2D eigenvalue weighted by atomic mass is 35.5. The topological polar surface area (TPSA) is 60.9 Å². The molecule has 0 radical (unpaired) electrons. The zero-order chi connectivity index (χ0) is 21.8. The molecule has 1 aliphatic heterocycles. The molecule has 7 heteroatoms. The van der Waals surface area contributed by atoms with Gasteiger partial charge in [0.15, 0.2) is 0 Å². The second-order valence-electron chi connectivity index (χ2n) is 7.08. The van der Waals surface area contributed by atoms with Crippen LogP contribution in [0.4, 0.5) is 4.39 Å². The van der Waals surface area contributed by atoms with Crippen molar-refractivity contribution in [3.05, 3.63) is 76.1 Å². The van der Waals surface area contributed by atoms with Crippen molar-refractivity contribution in [3.63, 3.8) is 0 Å². The summed E-state index contributed by atoms with van der Waals surface area (Å²) in [5, 5.41) is 11.4. The Morgan fingerprint density at radius 2 is 1.67 bits per heavy atom. The molecular formula is C23H24ClFN2O3. The van der Waals surface area contributed by atoms with Gasteiger partial charge in [-0.05, 0) is 55.1 Å². The molecule has 0 saturated carbocycles. The average Bonchev–Trinajstić information content (AvgIpc) is 3.00. The van der Waals surface area contributed by atoms with Gasteiger partial charge in [0.2, 0.25) is 0 Å². The highest BCUT2D eigenvalue weighted by molar-refractivity contribution is 6.46. The molecule has 0 spiro atoms. The van der Waals surface area contributed by atoms with Gasteiger partial charge in [0, 0.05) is 23.7 Å². The minimum absolute atomic E-state index is 0.00604. The number of hydrogen-bond donors (Lipinski definition) is 1. The van der Waals surface area contributed by atoms with Crippen molar-refractivity contribution >= 4 is 29.1 Å². The summed E-state index contributed by atoms with van der Waals surface area (Å²) >= 11 is 6.01. The summed E-state index contributed by atoms with van der Waals surface area (Å²) in [6.07, 6.45) is 0. The maximum atomic E-state index is 13.3. The second kappa shape index (κ2) is 9.41. The Kier molecular flexibility index (Phi) is 6.90. The minimum Gasteiger partial charge on any atom is -0.507 e. The van der Waals surface area contributed by atoms with Crippen LogP contribution < -0.4 is 0 Å². The first-order valence-electron chi connectivity index (χ1n) is 9.89. The van der Waals surface area contributed by atoms with E-state index in [9.17, 15) is 19.1 Å². The Labute approximate surface area is 180 Å². The Hall–Kier alpha value is -2.70. The summed E-state index contributed by atoms with van der Waals surface area (Å²) in [5.74, 6) is -2.19. The number of rotatable bonds is 7. The van der Waals surface area contributed by atoms with Gasteiger partial charge in [-0.25, -0.2) is 4.39 Å². The fourth-order valence-corrected chi connectivity index (χ4v) is 3.78. The number of benzene rings is 2. The van der Waals surface area contributed by atoms with Crippen molar-refractivity contribution in [1.82, 2.24) is 9.80 Å². The number of likely N-dealkylation sites (tertiary alicyclic amines) is 1. The number of halogens is 2. The van der Waals surface area contributed by atoms with Crippen molar-refractivity contribution in [1.29, 1.82) is 0 Å². The number of Topliss-reactive ketones (excluding diaryl/α,β-unsaturated/α-hetero) is 1. The van der Waals surface area contributed by atoms with Gasteiger partial charge >= 0.3 is 0 Å². The highest BCUT2D eigenvalue weighted by Gasteiger charge is 2.45. The molecule has 30 heavy (non-hydrogen) atoms. The van der Waals surface area contributed by atoms with Gasteiger partial charge < -0.3 is 14.9 Å². The normalized spacial score (nSPS) is 18.4. The molecule has 0 aliphatic carbocycles. The number of carbonyl (C=O) groups excluding carboxylic acids is 2. The van der Waals surface area contributed by atoms with Gasteiger partial charge in [-0.1, -0.05) is 37.6 Å². The molecule has 2 aromatic rings. The van der Waals surface area contributed by atoms with E-state index >= 15 is 0 Å². The molecule has 0 bridgehead atoms. The number of aliphatic hydroxyl groups excluding tert-OH is 1. The van der Waals surface area contributed by atoms with Crippen LogP contribution in [0.15, 0.2) is 54.1 Å². The molecule has 158 valence electrons. The predicted molar refractivity (Wildman–Crippen MR) is 115 cm³/mol. The van der Waals surface area contributed by atoms with E-state index in [4.69, 9.17) is 11.6 Å². The molecular weight excluding hydrogens is 407 g/mol. The van der Waals surface area contributed by atoms with Gasteiger partial charge in [-0.3, -0.25) is 9.59 Å². The quantitative estimate of drug-likeness (QED) is 0.405. The van der Waals surface area contributed by atoms with Gasteiger partial charge in [0.05, 0.1) is 11.6 Å². The molecule has 1 amide bonds. The van der Waals surface area contributed by atoms with Crippen LogP contribution in [0.5, 0.6) is 0 Å². The summed E-state index contributed by atoms with van der Waals surface area (Å²) in [4.78, 5) is 29.4. The summed E-state index contributed by atoms with van der Waals surface area (Å²) in [6, 6.07) is 11.2. The summed E-state index contributed by atoms with van der Waals surface area (Å²) in [6.45, 7) is 6.63. The van der Waals surface area contributed by atoms with Crippen molar-refractivity contribution in [2.45, 2.75) is 19.9 Å². The van der Waals surface area contributed by atoms with Gasteiger partial charge in [0.1, 0.15) is 11.6 Å². The number of likely N-dealkylation sites (N-methyl/N-ethyl adjacent to an activating group) is 1. The Bertz CT molecular complexity index is 953. The van der Waals surface area contributed by atoms with E-state index in [0.717, 1.165) is 13.1 Å². The molecule has 1 saturated heterocycles. The highest BCUT2D eigenvalue weighted by Crippen LogP contribution is 2.39. The number of amides is 1. The zero-order valence-electron chi connectivity index (χ0n) is 16.9. The number of carbonyl (C=O) groups is 2. The van der Waals surface area contributed by atoms with E-state index in [1.165, 1.54) is 29.2 Å². The molecule has 1 aliphatic rings. The van der Waals surface area contributed by atoms with Crippen molar-refractivity contribution in [2.75, 3.05) is 26.2 Å². The third-order valence-electron chi connectivity index (χ3n) is 5.39. The van der Waals surface area contributed by atoms with E-state index in [1.54, 1.807) is 24.3 Å². The van der Waals surface area contributed by atoms with Crippen LogP contribution in [0.1, 0.15) is 31.0 Å². The first-order valence-corrected chi connectivity index (χ1v) is 10.3. The average molecular weight is 431 g/mol. The second-order valence-corrected chi connectivity index (χ2v) is 7.51. The maximum absolute atomic E-state index is 13.3. The summed E-state index contributed by atoms with van der Waals surface area (Å²) in [7, 11) is 0. The minimum atomic E-state index is -0.753. The molecule has 1 atom stereocenters. The van der Waals surface area contributed by atoms with Crippen LogP contribution in [0, 0.1) is 5.82 Å². The van der Waals surface area contributed by atoms with Crippen LogP contribution in [0.2, 0.25) is 5.02 Å². The lowest BCUT2D eigenvalue weighted by atomic mass is 9.95. The van der Waals surface area contributed by atoms with E-state index < -0.39 is 23.5 Å². The zero-order valence-corrected chi connectivity index (χ0v) is 17.7. The van der Waals surface area contributed by atoms with E-state index in [0.29, 0.717) is 23.7 Å². The van der Waals surface area contributed by atoms with Crippen LogP contribution in [0.3, 0.4) is 0 Å². The van der Waals surface area contributed by atoms with Crippen molar-refractivity contribution < 1.29 is 19.1 Å². The van der Waals surface area contributed by atoms with Crippen LogP contribution >= 0.6 is 11.6 Å². The molecule has 3 rings (SSSR count). The number of ketones is 1. The monoisotopic (exact) mass is 430 g/mol. The lowest BCUT2D eigenvalue weighted by Crippen LogP contribution is -2.38. The summed E-state index contributed by atoms with van der Waals surface area (Å²) in [5.41, 5.74) is 0.937. The van der Waals surface area contributed by atoms with Crippen LogP contribution in [-0.4, -0.2) is 52.8 Å². The molecule has 1 fully saturated rings. The standard InChI is InChI=1S/C23H24ClFN2O3/c1-3-26(4-2)13-14-27-20(15-5-9-17(24)10-6-15)19(22(29)23(27)30)21(28)16-7-11-18(25)12-8-16/h5-12,20,28H,3-4,13-14H2,1-2H3/t20-/m0/s1. The first kappa shape index (κ1) is 22.0. The Morgan fingerprint density at radius 3 is 2.23 bits per heavy atom. The molecule has 1 heterocycles. The molecule has 0 unspecified atom stereocenters. The number of nitrogens with zero attached hydrogens (tertiary/aromatic N) is 2. The van der Waals surface area contributed by atoms with Crippen LogP contribution in [-0.2, 0) is 9.59 Å². The predicted octanol–water partition coefficient (Wildman–Crippen LogP) is 4.24. The SMILES string of the molecule is CCN(CC)CCN1C(=O)C(=O)C(=C(O)c2ccc(F)cc2)[C@@H]1c1ccc(Cl)cc1. The fourth-order valence-electron chi connectivity index (χ4n) is 3.65. The largest absolute Gasteiger partial charge is 0.507 e. The van der Waals surface area contributed by atoms with Crippen LogP contribution in [0.25, 0.3) is 5.76 Å². The van der Waals surface area contributed by atoms with E-state index in [-0.39, 0.29) is 16.9 Å². The Balaban J connectivity index is 2.08. The first-order chi connectivity index (χ1) is 14.4. The number of hydrogen-bond acceptors (Lipinski definition) is 4. The molecule has 1 N–H and O–H groups in total. The van der Waals surface area contributed by atoms with Crippen molar-refractivity contribution in [2.24, 2.45) is 0 Å². The lowest BCUT2D eigenvalue weighted by Gasteiger charge is -2.28. The van der Waals surface area contributed by atoms with Crippen molar-refractivity contribution in [3.8, 4) is 0 Å².